The van der Waals surface area contributed by atoms with E-state index >= 15 is 0 Å². The van der Waals surface area contributed by atoms with Gasteiger partial charge in [0, 0.05) is 12.0 Å². The van der Waals surface area contributed by atoms with Gasteiger partial charge in [0.2, 0.25) is 11.8 Å². The maximum atomic E-state index is 12.4. The topological polar surface area (TPSA) is 93.4 Å². The van der Waals surface area contributed by atoms with Gasteiger partial charge in [0.1, 0.15) is 5.75 Å². The van der Waals surface area contributed by atoms with Gasteiger partial charge >= 0.3 is 0 Å². The van der Waals surface area contributed by atoms with E-state index in [9.17, 15) is 9.59 Å². The van der Waals surface area contributed by atoms with E-state index in [1.165, 1.54) is 0 Å². The molecule has 1 aromatic carbocycles. The lowest BCUT2D eigenvalue weighted by molar-refractivity contribution is -0.121. The number of amides is 2. The monoisotopic (exact) mass is 305 g/mol. The van der Waals surface area contributed by atoms with Gasteiger partial charge < -0.3 is 21.1 Å². The molecule has 6 nitrogen and oxygen atoms in total. The molecule has 1 heterocycles. The summed E-state index contributed by atoms with van der Waals surface area (Å²) in [6, 6.07) is 7.57. The van der Waals surface area contributed by atoms with E-state index in [1.807, 2.05) is 12.1 Å². The van der Waals surface area contributed by atoms with E-state index in [1.54, 1.807) is 12.1 Å². The predicted molar refractivity (Wildman–Crippen MR) is 84.6 cm³/mol. The van der Waals surface area contributed by atoms with Gasteiger partial charge in [-0.3, -0.25) is 9.59 Å². The molecule has 0 aliphatic carbocycles. The predicted octanol–water partition coefficient (Wildman–Crippen LogP) is 1.27. The summed E-state index contributed by atoms with van der Waals surface area (Å²) in [4.78, 5) is 23.1. The van der Waals surface area contributed by atoms with Crippen LogP contribution in [0.3, 0.4) is 0 Å². The molecular formula is C16H23N3O3. The lowest BCUT2D eigenvalue weighted by Gasteiger charge is -2.27. The Labute approximate surface area is 130 Å². The van der Waals surface area contributed by atoms with Crippen molar-refractivity contribution in [2.75, 3.05) is 18.5 Å². The summed E-state index contributed by atoms with van der Waals surface area (Å²) in [5.74, 6) is 0.165. The van der Waals surface area contributed by atoms with Crippen LogP contribution in [0.25, 0.3) is 0 Å². The summed E-state index contributed by atoms with van der Waals surface area (Å²) in [5.41, 5.74) is 5.72. The first-order valence-corrected chi connectivity index (χ1v) is 7.60. The molecule has 0 radical (unpaired) electrons. The van der Waals surface area contributed by atoms with Crippen molar-refractivity contribution in [2.24, 2.45) is 11.7 Å². The first kappa shape index (κ1) is 16.3. The van der Waals surface area contributed by atoms with E-state index in [-0.39, 0.29) is 24.9 Å². The largest absolute Gasteiger partial charge is 0.491 e. The summed E-state index contributed by atoms with van der Waals surface area (Å²) in [7, 11) is 0. The van der Waals surface area contributed by atoms with Gasteiger partial charge in [-0.15, -0.1) is 0 Å². The Balaban J connectivity index is 1.96. The average molecular weight is 305 g/mol. The highest BCUT2D eigenvalue weighted by molar-refractivity contribution is 5.94. The summed E-state index contributed by atoms with van der Waals surface area (Å²) in [5, 5.41) is 6.26. The van der Waals surface area contributed by atoms with Crippen molar-refractivity contribution < 1.29 is 14.3 Å². The van der Waals surface area contributed by atoms with Crippen LogP contribution in [0.2, 0.25) is 0 Å². The fraction of sp³-hybridized carbons (Fsp3) is 0.500. The summed E-state index contributed by atoms with van der Waals surface area (Å²) in [6.45, 7) is 3.14. The summed E-state index contributed by atoms with van der Waals surface area (Å²) < 4.78 is 5.53. The molecule has 4 N–H and O–H groups in total. The van der Waals surface area contributed by atoms with Gasteiger partial charge in [-0.1, -0.05) is 12.1 Å². The number of carbonyl (C=O) groups excluding carboxylic acids is 2. The number of primary amides is 1. The Morgan fingerprint density at radius 3 is 2.91 bits per heavy atom. The van der Waals surface area contributed by atoms with E-state index in [0.717, 1.165) is 19.4 Å². The molecule has 0 unspecified atom stereocenters. The van der Waals surface area contributed by atoms with Gasteiger partial charge in [0.05, 0.1) is 18.7 Å². The van der Waals surface area contributed by atoms with Crippen molar-refractivity contribution in [2.45, 2.75) is 32.2 Å². The van der Waals surface area contributed by atoms with Crippen LogP contribution in [-0.4, -0.2) is 31.0 Å². The molecule has 1 saturated heterocycles. The molecular weight excluding hydrogens is 282 g/mol. The summed E-state index contributed by atoms with van der Waals surface area (Å²) >= 11 is 0. The minimum absolute atomic E-state index is 0.00919. The van der Waals surface area contributed by atoms with Crippen molar-refractivity contribution in [3.8, 4) is 5.75 Å². The average Bonchev–Trinajstić information content (AvgIpc) is 2.48. The van der Waals surface area contributed by atoms with Gasteiger partial charge in [-0.25, -0.2) is 0 Å². The molecule has 6 heteroatoms. The number of nitrogens with one attached hydrogen (secondary N) is 2. The Hall–Kier alpha value is -2.08. The smallest absolute Gasteiger partial charge is 0.227 e. The minimum Gasteiger partial charge on any atom is -0.491 e. The fourth-order valence-corrected chi connectivity index (χ4v) is 2.56. The van der Waals surface area contributed by atoms with Gasteiger partial charge in [0.15, 0.2) is 0 Å². The molecule has 120 valence electrons. The highest BCUT2D eigenvalue weighted by Gasteiger charge is 2.25. The number of anilines is 1. The fourth-order valence-electron chi connectivity index (χ4n) is 2.56. The molecule has 1 aromatic rings. The lowest BCUT2D eigenvalue weighted by Crippen LogP contribution is -2.40. The number of nitrogens with two attached hydrogens (primary N) is 1. The minimum atomic E-state index is -0.412. The number of hydrogen-bond acceptors (Lipinski definition) is 4. The molecule has 2 atom stereocenters. The second-order valence-electron chi connectivity index (χ2n) is 5.63. The first-order chi connectivity index (χ1) is 10.6. The zero-order chi connectivity index (χ0) is 15.9. The number of benzene rings is 1. The van der Waals surface area contributed by atoms with Crippen LogP contribution < -0.4 is 21.1 Å². The van der Waals surface area contributed by atoms with Crippen LogP contribution in [0.15, 0.2) is 24.3 Å². The standard InChI is InChI=1S/C16H23N3O3/c1-11-10-12(6-8-18-11)16(21)19-13-4-2-3-5-14(13)22-9-7-15(17)20/h2-5,11-12,18H,6-10H2,1H3,(H2,17,20)(H,19,21)/t11-,12-/m0/s1. The van der Waals surface area contributed by atoms with Crippen LogP contribution in [0.1, 0.15) is 26.2 Å². The van der Waals surface area contributed by atoms with Gasteiger partial charge in [-0.05, 0) is 38.4 Å². The van der Waals surface area contributed by atoms with Crippen molar-refractivity contribution >= 4 is 17.5 Å². The van der Waals surface area contributed by atoms with Crippen LogP contribution in [-0.2, 0) is 9.59 Å². The zero-order valence-corrected chi connectivity index (χ0v) is 12.8. The SMILES string of the molecule is C[C@H]1C[C@@H](C(=O)Nc2ccccc2OCCC(N)=O)CCN1. The lowest BCUT2D eigenvalue weighted by atomic mass is 9.92. The van der Waals surface area contributed by atoms with Crippen molar-refractivity contribution in [1.29, 1.82) is 0 Å². The summed E-state index contributed by atoms with van der Waals surface area (Å²) in [6.07, 6.45) is 1.81. The van der Waals surface area contributed by atoms with Crippen LogP contribution in [0.4, 0.5) is 5.69 Å². The third-order valence-electron chi connectivity index (χ3n) is 3.75. The number of piperidine rings is 1. The molecule has 2 amide bonds. The quantitative estimate of drug-likeness (QED) is 0.738. The van der Waals surface area contributed by atoms with E-state index in [2.05, 4.69) is 17.6 Å². The molecule has 0 bridgehead atoms. The van der Waals surface area contributed by atoms with Crippen molar-refractivity contribution in [1.82, 2.24) is 5.32 Å². The second kappa shape index (κ2) is 7.79. The Kier molecular flexibility index (Phi) is 5.77. The highest BCUT2D eigenvalue weighted by Crippen LogP contribution is 2.26. The van der Waals surface area contributed by atoms with Crippen molar-refractivity contribution in [3.05, 3.63) is 24.3 Å². The molecule has 2 rings (SSSR count). The van der Waals surface area contributed by atoms with Crippen LogP contribution in [0.5, 0.6) is 5.75 Å². The van der Waals surface area contributed by atoms with Crippen LogP contribution in [0, 0.1) is 5.92 Å². The zero-order valence-electron chi connectivity index (χ0n) is 12.8. The molecule has 0 spiro atoms. The normalized spacial score (nSPS) is 21.1. The van der Waals surface area contributed by atoms with Gasteiger partial charge in [-0.2, -0.15) is 0 Å². The number of para-hydroxylation sites is 2. The Bertz CT molecular complexity index is 533. The number of hydrogen-bond donors (Lipinski definition) is 3. The first-order valence-electron chi connectivity index (χ1n) is 7.60. The second-order valence-corrected chi connectivity index (χ2v) is 5.63. The molecule has 1 aliphatic rings. The maximum absolute atomic E-state index is 12.4. The molecule has 22 heavy (non-hydrogen) atoms. The van der Waals surface area contributed by atoms with Gasteiger partial charge in [0.25, 0.3) is 0 Å². The molecule has 0 aromatic heterocycles. The highest BCUT2D eigenvalue weighted by atomic mass is 16.5. The Morgan fingerprint density at radius 1 is 1.41 bits per heavy atom. The number of rotatable bonds is 6. The van der Waals surface area contributed by atoms with E-state index in [0.29, 0.717) is 17.5 Å². The van der Waals surface area contributed by atoms with Crippen LogP contribution >= 0.6 is 0 Å². The number of ether oxygens (including phenoxy) is 1. The molecule has 0 saturated carbocycles. The third-order valence-corrected chi connectivity index (χ3v) is 3.75. The molecule has 1 fully saturated rings. The van der Waals surface area contributed by atoms with E-state index in [4.69, 9.17) is 10.5 Å². The van der Waals surface area contributed by atoms with Crippen molar-refractivity contribution in [3.63, 3.8) is 0 Å². The third kappa shape index (κ3) is 4.73. The Morgan fingerprint density at radius 2 is 2.18 bits per heavy atom. The molecule has 1 aliphatic heterocycles. The maximum Gasteiger partial charge on any atom is 0.227 e. The number of carbonyl (C=O) groups is 2. The van der Waals surface area contributed by atoms with E-state index < -0.39 is 5.91 Å².